The third-order valence-corrected chi connectivity index (χ3v) is 5.43. The number of phenolic OH excluding ortho intramolecular Hbond substituents is 1. The summed E-state index contributed by atoms with van der Waals surface area (Å²) in [5.74, 6) is -0.139. The molecule has 0 fully saturated rings. The molecule has 0 amide bonds. The summed E-state index contributed by atoms with van der Waals surface area (Å²) in [4.78, 5) is 4.14. The van der Waals surface area contributed by atoms with Crippen molar-refractivity contribution >= 4 is 34.6 Å². The second-order valence-corrected chi connectivity index (χ2v) is 8.05. The number of aromatic hydroxyl groups is 1. The van der Waals surface area contributed by atoms with Crippen LogP contribution in [0.25, 0.3) is 0 Å². The second kappa shape index (κ2) is 8.34. The molecule has 0 aromatic heterocycles. The van der Waals surface area contributed by atoms with Gasteiger partial charge < -0.3 is 14.9 Å². The first kappa shape index (κ1) is 20.4. The third-order valence-electron chi connectivity index (χ3n) is 4.86. The zero-order valence-electron chi connectivity index (χ0n) is 16.4. The summed E-state index contributed by atoms with van der Waals surface area (Å²) in [6.45, 7) is 0. The maximum absolute atomic E-state index is 9.97. The quantitative estimate of drug-likeness (QED) is 0.517. The van der Waals surface area contributed by atoms with E-state index in [2.05, 4.69) is 58.3 Å². The van der Waals surface area contributed by atoms with Crippen molar-refractivity contribution in [1.29, 1.82) is 0 Å². The van der Waals surface area contributed by atoms with Crippen LogP contribution in [0.4, 0.5) is 11.4 Å². The number of benzene rings is 3. The van der Waals surface area contributed by atoms with Crippen molar-refractivity contribution in [3.05, 3.63) is 87.4 Å². The number of hydrogen-bond donors (Lipinski definition) is 1. The van der Waals surface area contributed by atoms with Gasteiger partial charge in [-0.1, -0.05) is 47.5 Å². The zero-order chi connectivity index (χ0) is 20.4. The fourth-order valence-electron chi connectivity index (χ4n) is 3.26. The molecule has 3 rings (SSSR count). The van der Waals surface area contributed by atoms with Crippen LogP contribution in [0.5, 0.6) is 5.75 Å². The van der Waals surface area contributed by atoms with Gasteiger partial charge in [-0.2, -0.15) is 0 Å². The Morgan fingerprint density at radius 2 is 1.00 bits per heavy atom. The van der Waals surface area contributed by atoms with Gasteiger partial charge in [0.2, 0.25) is 0 Å². The normalized spacial score (nSPS) is 11.0. The molecule has 28 heavy (non-hydrogen) atoms. The number of halogens is 2. The first-order chi connectivity index (χ1) is 13.3. The molecule has 0 aliphatic heterocycles. The van der Waals surface area contributed by atoms with Gasteiger partial charge >= 0.3 is 0 Å². The van der Waals surface area contributed by atoms with Crippen LogP contribution < -0.4 is 9.80 Å². The van der Waals surface area contributed by atoms with Crippen LogP contribution in [0, 0.1) is 0 Å². The van der Waals surface area contributed by atoms with Crippen LogP contribution in [0.2, 0.25) is 10.0 Å². The minimum absolute atomic E-state index is 0.0528. The van der Waals surface area contributed by atoms with Crippen molar-refractivity contribution in [3.8, 4) is 5.75 Å². The molecule has 0 saturated carbocycles. The summed E-state index contributed by atoms with van der Waals surface area (Å²) in [5.41, 5.74) is 5.45. The minimum atomic E-state index is -0.0863. The van der Waals surface area contributed by atoms with E-state index in [-0.39, 0.29) is 21.7 Å². The van der Waals surface area contributed by atoms with E-state index in [4.69, 9.17) is 23.2 Å². The lowest BCUT2D eigenvalue weighted by Gasteiger charge is -2.22. The molecule has 1 N–H and O–H groups in total. The molecule has 0 radical (unpaired) electrons. The molecule has 146 valence electrons. The molecule has 0 heterocycles. The highest BCUT2D eigenvalue weighted by Crippen LogP contribution is 2.40. The third kappa shape index (κ3) is 4.21. The Balaban J connectivity index is 2.13. The molecule has 0 aliphatic carbocycles. The topological polar surface area (TPSA) is 26.7 Å². The summed E-state index contributed by atoms with van der Waals surface area (Å²) in [6, 6.07) is 20.4. The van der Waals surface area contributed by atoms with Crippen LogP contribution in [0.15, 0.2) is 60.7 Å². The Morgan fingerprint density at radius 3 is 1.32 bits per heavy atom. The smallest absolute Gasteiger partial charge is 0.152 e. The lowest BCUT2D eigenvalue weighted by atomic mass is 9.85. The van der Waals surface area contributed by atoms with Crippen LogP contribution in [0.3, 0.4) is 0 Å². The second-order valence-electron chi connectivity index (χ2n) is 7.24. The van der Waals surface area contributed by atoms with E-state index in [1.54, 1.807) is 12.1 Å². The molecule has 0 atom stereocenters. The standard InChI is InChI=1S/C23H24Cl2N2O/c1-26(2)18-9-5-15(6-10-18)22(16-7-11-19(12-8-16)27(3)4)17-13-20(24)23(28)21(25)14-17/h5-14,22,28H,1-4H3. The highest BCUT2D eigenvalue weighted by atomic mass is 35.5. The van der Waals surface area contributed by atoms with E-state index in [1.807, 2.05) is 28.2 Å². The molecule has 0 bridgehead atoms. The van der Waals surface area contributed by atoms with Gasteiger partial charge in [-0.25, -0.2) is 0 Å². The van der Waals surface area contributed by atoms with E-state index in [9.17, 15) is 5.11 Å². The maximum atomic E-state index is 9.97. The molecule has 0 unspecified atom stereocenters. The van der Waals surface area contributed by atoms with Crippen molar-refractivity contribution in [2.45, 2.75) is 5.92 Å². The minimum Gasteiger partial charge on any atom is -0.505 e. The van der Waals surface area contributed by atoms with E-state index in [1.165, 1.54) is 0 Å². The molecule has 0 aliphatic rings. The Bertz CT molecular complexity index is 877. The van der Waals surface area contributed by atoms with Gasteiger partial charge in [-0.3, -0.25) is 0 Å². The largest absolute Gasteiger partial charge is 0.505 e. The predicted molar refractivity (Wildman–Crippen MR) is 121 cm³/mol. The molecule has 5 heteroatoms. The fraction of sp³-hybridized carbons (Fsp3) is 0.217. The van der Waals surface area contributed by atoms with Crippen molar-refractivity contribution < 1.29 is 5.11 Å². The van der Waals surface area contributed by atoms with Crippen LogP contribution >= 0.6 is 23.2 Å². The molecule has 3 aromatic carbocycles. The first-order valence-corrected chi connectivity index (χ1v) is 9.76. The fourth-order valence-corrected chi connectivity index (χ4v) is 3.76. The van der Waals surface area contributed by atoms with Crippen molar-refractivity contribution in [2.24, 2.45) is 0 Å². The highest BCUT2D eigenvalue weighted by molar-refractivity contribution is 6.37. The van der Waals surface area contributed by atoms with Crippen molar-refractivity contribution in [2.75, 3.05) is 38.0 Å². The lowest BCUT2D eigenvalue weighted by Crippen LogP contribution is -2.10. The van der Waals surface area contributed by atoms with Gasteiger partial charge in [0, 0.05) is 45.5 Å². The van der Waals surface area contributed by atoms with Crippen LogP contribution in [-0.2, 0) is 0 Å². The predicted octanol–water partition coefficient (Wildman–Crippen LogP) is 6.01. The van der Waals surface area contributed by atoms with E-state index in [0.29, 0.717) is 0 Å². The van der Waals surface area contributed by atoms with Gasteiger partial charge in [-0.05, 0) is 53.1 Å². The van der Waals surface area contributed by atoms with Crippen molar-refractivity contribution in [3.63, 3.8) is 0 Å². The van der Waals surface area contributed by atoms with E-state index < -0.39 is 0 Å². The Morgan fingerprint density at radius 1 is 0.643 bits per heavy atom. The zero-order valence-corrected chi connectivity index (χ0v) is 18.0. The summed E-state index contributed by atoms with van der Waals surface area (Å²) in [5, 5.41) is 10.5. The summed E-state index contributed by atoms with van der Waals surface area (Å²) >= 11 is 12.4. The molecule has 3 nitrogen and oxygen atoms in total. The monoisotopic (exact) mass is 414 g/mol. The van der Waals surface area contributed by atoms with Gasteiger partial charge in [0.25, 0.3) is 0 Å². The van der Waals surface area contributed by atoms with Crippen LogP contribution in [0.1, 0.15) is 22.6 Å². The summed E-state index contributed by atoms with van der Waals surface area (Å²) in [6.07, 6.45) is 0. The molecule has 0 saturated heterocycles. The molecule has 3 aromatic rings. The van der Waals surface area contributed by atoms with Gasteiger partial charge in [0.1, 0.15) is 0 Å². The first-order valence-electron chi connectivity index (χ1n) is 9.00. The summed E-state index contributed by atoms with van der Waals surface area (Å²) < 4.78 is 0. The number of anilines is 2. The number of phenols is 1. The number of rotatable bonds is 5. The molecule has 0 spiro atoms. The average Bonchev–Trinajstić information content (AvgIpc) is 2.67. The van der Waals surface area contributed by atoms with Gasteiger partial charge in [-0.15, -0.1) is 0 Å². The van der Waals surface area contributed by atoms with E-state index >= 15 is 0 Å². The Labute approximate surface area is 176 Å². The summed E-state index contributed by atoms with van der Waals surface area (Å²) in [7, 11) is 8.08. The average molecular weight is 415 g/mol. The molecular formula is C23H24Cl2N2O. The SMILES string of the molecule is CN(C)c1ccc(C(c2ccc(N(C)C)cc2)c2cc(Cl)c(O)c(Cl)c2)cc1. The Hall–Kier alpha value is -2.36. The van der Waals surface area contributed by atoms with Crippen LogP contribution in [-0.4, -0.2) is 33.3 Å². The highest BCUT2D eigenvalue weighted by Gasteiger charge is 2.20. The van der Waals surface area contributed by atoms with Gasteiger partial charge in [0.05, 0.1) is 10.0 Å². The van der Waals surface area contributed by atoms with Crippen molar-refractivity contribution in [1.82, 2.24) is 0 Å². The Kier molecular flexibility index (Phi) is 6.07. The maximum Gasteiger partial charge on any atom is 0.152 e. The number of hydrogen-bond acceptors (Lipinski definition) is 3. The van der Waals surface area contributed by atoms with E-state index in [0.717, 1.165) is 28.1 Å². The lowest BCUT2D eigenvalue weighted by molar-refractivity contribution is 0.475. The molecular weight excluding hydrogens is 391 g/mol. The van der Waals surface area contributed by atoms with Gasteiger partial charge in [0.15, 0.2) is 5.75 Å². The number of nitrogens with zero attached hydrogens (tertiary/aromatic N) is 2.